The molecule has 0 saturated carbocycles. The lowest BCUT2D eigenvalue weighted by molar-refractivity contribution is -0.138. The molecule has 12 aromatic rings. The van der Waals surface area contributed by atoms with Crippen molar-refractivity contribution in [3.63, 3.8) is 0 Å². The van der Waals surface area contributed by atoms with E-state index >= 15 is 0 Å². The quantitative estimate of drug-likeness (QED) is 0.0202. The number of amides is 3. The van der Waals surface area contributed by atoms with Crippen molar-refractivity contribution in [2.75, 3.05) is 78.5 Å². The summed E-state index contributed by atoms with van der Waals surface area (Å²) in [4.78, 5) is 106. The summed E-state index contributed by atoms with van der Waals surface area (Å²) < 4.78 is 383. The first-order chi connectivity index (χ1) is 78.9. The molecule has 9 aromatic carbocycles. The number of alkyl halides is 9. The molecule has 0 saturated heterocycles. The highest BCUT2D eigenvalue weighted by Gasteiger charge is 2.36. The summed E-state index contributed by atoms with van der Waals surface area (Å²) in [6, 6.07) is 13.8. The van der Waals surface area contributed by atoms with E-state index in [9.17, 15) is 81.5 Å². The second-order valence-electron chi connectivity index (χ2n) is 33.6. The van der Waals surface area contributed by atoms with Crippen LogP contribution < -0.4 is 16.7 Å². The number of nitrogens with zero attached hydrogens (tertiary/aromatic N) is 12. The van der Waals surface area contributed by atoms with E-state index in [2.05, 4.69) is 24.8 Å². The predicted molar refractivity (Wildman–Crippen MR) is 544 cm³/mol. The molecule has 0 fully saturated rings. The van der Waals surface area contributed by atoms with Gasteiger partial charge >= 0.3 is 18.5 Å². The Morgan fingerprint density at radius 2 is 0.694 bits per heavy atom. The molecule has 0 N–H and O–H groups in total. The number of likely N-dealkylation sites (N-methyl/N-ethyl adjacent to an activating group) is 3. The van der Waals surface area contributed by atoms with Gasteiger partial charge in [-0.25, -0.2) is 13.2 Å². The van der Waals surface area contributed by atoms with E-state index in [1.165, 1.54) is 81.9 Å². The summed E-state index contributed by atoms with van der Waals surface area (Å²) >= 11 is 3.08. The molecular weight excluding hydrogens is 1920 g/mol. The van der Waals surface area contributed by atoms with Crippen LogP contribution in [0.2, 0.25) is 0 Å². The number of halogens is 12. The minimum atomic E-state index is -5.29. The minimum absolute atomic E-state index is 0.0249. The molecule has 0 radical (unpaired) electrons. The smallest absolute Gasteiger partial charge is 0.336 e. The van der Waals surface area contributed by atoms with Gasteiger partial charge < -0.3 is 43.1 Å². The Kier molecular flexibility index (Phi) is 27.7. The number of fused-ring (bicyclic) bond motifs is 3. The van der Waals surface area contributed by atoms with Gasteiger partial charge in [0.15, 0.2) is 15.5 Å². The van der Waals surface area contributed by atoms with E-state index in [0.717, 1.165) is 84.5 Å². The summed E-state index contributed by atoms with van der Waals surface area (Å²) in [6.45, 7) is 17.1. The van der Waals surface area contributed by atoms with Gasteiger partial charge in [-0.05, 0) is 242 Å². The van der Waals surface area contributed by atoms with Crippen molar-refractivity contribution in [2.24, 2.45) is 11.8 Å². The third-order valence-corrected chi connectivity index (χ3v) is 27.0. The van der Waals surface area contributed by atoms with Crippen LogP contribution in [-0.2, 0) is 128 Å². The normalized spacial score (nSPS) is 18.8. The second-order valence-corrected chi connectivity index (χ2v) is 36.4. The summed E-state index contributed by atoms with van der Waals surface area (Å²) in [5.74, 6) is -7.67. The lowest BCUT2D eigenvalue weighted by atomic mass is 9.98. The van der Waals surface area contributed by atoms with E-state index in [1.807, 2.05) is 46.4 Å². The monoisotopic (exact) mass is 2070 g/mol. The van der Waals surface area contributed by atoms with Gasteiger partial charge in [0.2, 0.25) is 17.7 Å². The molecule has 3 aliphatic carbocycles. The summed E-state index contributed by atoms with van der Waals surface area (Å²) in [7, 11) is 0. The zero-order chi connectivity index (χ0) is 125. The van der Waals surface area contributed by atoms with E-state index in [4.69, 9.17) is 34.3 Å². The van der Waals surface area contributed by atoms with Gasteiger partial charge in [-0.1, -0.05) is 236 Å². The van der Waals surface area contributed by atoms with Crippen molar-refractivity contribution in [3.8, 4) is 33.4 Å². The number of carbonyl (C=O) groups is 3. The Morgan fingerprint density at radius 3 is 1.05 bits per heavy atom. The first kappa shape index (κ1) is 79.4. The van der Waals surface area contributed by atoms with Crippen LogP contribution in [0.4, 0.5) is 52.7 Å². The van der Waals surface area contributed by atoms with Gasteiger partial charge in [0.25, 0.3) is 16.7 Å². The van der Waals surface area contributed by atoms with E-state index in [0.29, 0.717) is 109 Å². The Labute approximate surface area is 879 Å². The average molecular weight is 2070 g/mol. The molecule has 18 nitrogen and oxygen atoms in total. The van der Waals surface area contributed by atoms with Gasteiger partial charge in [-0.15, -0.1) is 0 Å². The lowest BCUT2D eigenvalue weighted by Gasteiger charge is -2.28. The van der Waals surface area contributed by atoms with Crippen LogP contribution in [0.15, 0.2) is 242 Å². The van der Waals surface area contributed by atoms with Crippen molar-refractivity contribution in [1.29, 1.82) is 0 Å². The van der Waals surface area contributed by atoms with Gasteiger partial charge in [0.05, 0.1) is 37.3 Å². The molecule has 3 amide bonds. The Morgan fingerprint density at radius 1 is 0.375 bits per heavy atom. The van der Waals surface area contributed by atoms with Crippen LogP contribution in [0.1, 0.15) is 185 Å². The fraction of sp³-hybridized carbons (Fsp3) is 0.378. The molecule has 3 aliphatic rings. The lowest BCUT2D eigenvalue weighted by Crippen LogP contribution is -2.40. The molecule has 762 valence electrons. The number of hydrogen-bond donors (Lipinski definition) is 0. The molecule has 3 aromatic heterocycles. The van der Waals surface area contributed by atoms with Gasteiger partial charge in [-0.2, -0.15) is 54.5 Å². The first-order valence-corrected chi connectivity index (χ1v) is 49.2. The average Bonchev–Trinajstić information content (AvgIpc) is 1.52. The molecule has 0 aliphatic heterocycles. The number of carbonyl (C=O) groups excluding carboxylic acids is 3. The van der Waals surface area contributed by atoms with E-state index < -0.39 is 285 Å². The molecular formula is C111H120F12N12O6S3. The maximum atomic E-state index is 14.6. The third-order valence-electron chi connectivity index (χ3n) is 23.9. The molecule has 2 atom stereocenters. The largest absolute Gasteiger partial charge is 0.416 e. The van der Waals surface area contributed by atoms with Crippen LogP contribution in [0, 0.1) is 36.2 Å². The standard InChI is InChI=1S/3C37H40F4N4O2S/c2*1-4-43(5-2)18-19-44(22-26-6-10-28(11-7-26)29-12-14-30(15-13-29)37(39,40)41)34(46)23-45-33-21-25(3)20-32(33)35(47)42-36(45)48-24-27-8-16-31(38)17-9-27;1-4-43(5-2)19-20-44(22-26-9-13-28(14-10-26)29-15-18-32(25(3)21-29)37(39,40)41)34(46)23-45-33-8-6-7-31(33)35(47)42-36(45)48-24-27-11-16-30(38)17-12-27/h2*6-17,25H,4-5,18-24H2,1-3H3;9-18,21H,4-8,19-20,22-24H2,1-3H3/i6D,7D,10D,11D,12D,13D,14D,15D,20D2,21D2,25D;20D2,21D2,25D;9D,10D,13D,14D,15D,18D,21D. The molecule has 144 heavy (non-hydrogen) atoms. The maximum absolute atomic E-state index is 14.6. The fourth-order valence-electron chi connectivity index (χ4n) is 15.7. The number of benzene rings is 9. The molecule has 0 spiro atoms. The summed E-state index contributed by atoms with van der Waals surface area (Å²) in [6.07, 6.45) is -24.3. The van der Waals surface area contributed by atoms with Crippen molar-refractivity contribution < 1.29 is 101 Å². The van der Waals surface area contributed by atoms with Gasteiger partial charge in [-0.3, -0.25) is 28.8 Å². The van der Waals surface area contributed by atoms with Gasteiger partial charge in [0.1, 0.15) is 37.1 Å². The van der Waals surface area contributed by atoms with Crippen LogP contribution in [0.3, 0.4) is 0 Å². The second kappa shape index (κ2) is 50.3. The maximum Gasteiger partial charge on any atom is 0.416 e. The highest BCUT2D eigenvalue weighted by molar-refractivity contribution is 7.98. The number of hydrogen-bond acceptors (Lipinski definition) is 15. The number of aromatic nitrogens is 6. The highest BCUT2D eigenvalue weighted by atomic mass is 32.2. The number of thioether (sulfide) groups is 3. The zero-order valence-corrected chi connectivity index (χ0v) is 82.5. The minimum Gasteiger partial charge on any atom is -0.336 e. The van der Waals surface area contributed by atoms with E-state index in [-0.39, 0.29) is 78.8 Å². The number of rotatable bonds is 39. The Bertz CT molecular complexity index is 7970. The van der Waals surface area contributed by atoms with Crippen LogP contribution >= 0.6 is 35.3 Å². The van der Waals surface area contributed by atoms with Crippen molar-refractivity contribution in [1.82, 2.24) is 58.1 Å². The molecule has 3 heterocycles. The Hall–Kier alpha value is -11.9. The predicted octanol–water partition coefficient (Wildman–Crippen LogP) is 22.5. The first-order valence-electron chi connectivity index (χ1n) is 58.8. The van der Waals surface area contributed by atoms with Crippen molar-refractivity contribution >= 4 is 53.0 Å². The van der Waals surface area contributed by atoms with Crippen LogP contribution in [-0.4, -0.2) is 154 Å². The highest BCUT2D eigenvalue weighted by Crippen LogP contribution is 2.39. The zero-order valence-electron chi connectivity index (χ0n) is 105. The van der Waals surface area contributed by atoms with Crippen molar-refractivity contribution in [2.45, 2.75) is 198 Å². The molecule has 33 heteroatoms. The summed E-state index contributed by atoms with van der Waals surface area (Å²) in [5, 5.41) is -0.000405. The van der Waals surface area contributed by atoms with E-state index in [1.54, 1.807) is 58.0 Å². The third kappa shape index (κ3) is 29.5. The SMILES string of the molecule is [2H]C1([2H])c2c(n(CC(=O)N(CCN(CC)CC)Cc3ccc(-c4ccc(C(F)(F)F)cc4)cc3)c(SCc3ccc(F)cc3)nc2=O)C([2H])([2H])C1([2H])C.[2H]c1c([2H])c(-c2c([2H])c([2H])c(C(F)(F)F)c(C)c2[2H])c([2H])c([2H])c1CN(CCN(CC)CC)C(=O)Cn1c(SCc2ccc(F)cc2)nc(=O)c2c1CCC2.[2H]c1c([2H])c(-c2c([2H])c([2H])c(C(F)(F)F)c([2H])c2[2H])c([2H])c([2H])c1CN(CCN(CC)CC)C(=O)Cn1c(SCc2ccc(F)cc2)nc(=O)c2c1C([2H])([2H])C([2H])(C)C2([2H])[2H]. The van der Waals surface area contributed by atoms with Crippen molar-refractivity contribution in [3.05, 3.63) is 350 Å². The van der Waals surface area contributed by atoms with Crippen LogP contribution in [0.25, 0.3) is 33.4 Å². The van der Waals surface area contributed by atoms with Gasteiger partial charge in [0, 0.05) is 124 Å². The molecule has 15 rings (SSSR count). The Balaban J connectivity index is 0.000000208. The summed E-state index contributed by atoms with van der Waals surface area (Å²) in [5.41, 5.74) is -8.15. The van der Waals surface area contributed by atoms with Crippen LogP contribution in [0.5, 0.6) is 0 Å². The fourth-order valence-corrected chi connectivity index (χ4v) is 18.6. The topological polar surface area (TPSA) is 175 Å². The molecule has 0 bridgehead atoms. The molecule has 2 unspecified atom stereocenters.